The van der Waals surface area contributed by atoms with Crippen molar-refractivity contribution >= 4 is 17.7 Å². The zero-order valence-electron chi connectivity index (χ0n) is 18.8. The van der Waals surface area contributed by atoms with Gasteiger partial charge in [0.1, 0.15) is 17.1 Å². The number of aromatic nitrogens is 2. The minimum Gasteiger partial charge on any atom is -0.493 e. The SMILES string of the molecule is CCOc1cc(CC)c(-c2ccc(C)cc2)c(OCC)c1C(=O)Oc1cnc(N)nc1N. The van der Waals surface area contributed by atoms with Gasteiger partial charge in [-0.25, -0.2) is 9.78 Å². The fourth-order valence-corrected chi connectivity index (χ4v) is 3.38. The van der Waals surface area contributed by atoms with Crippen LogP contribution in [0.3, 0.4) is 0 Å². The quantitative estimate of drug-likeness (QED) is 0.504. The molecule has 0 aliphatic heterocycles. The zero-order chi connectivity index (χ0) is 23.3. The van der Waals surface area contributed by atoms with E-state index >= 15 is 0 Å². The molecule has 0 aliphatic carbocycles. The number of carbonyl (C=O) groups excluding carboxylic acids is 1. The number of hydrogen-bond acceptors (Lipinski definition) is 8. The number of nitrogens with zero attached hydrogens (tertiary/aromatic N) is 2. The van der Waals surface area contributed by atoms with Crippen molar-refractivity contribution in [2.45, 2.75) is 34.1 Å². The van der Waals surface area contributed by atoms with E-state index in [0.29, 0.717) is 24.7 Å². The molecule has 0 amide bonds. The number of nitrogen functional groups attached to an aromatic ring is 2. The van der Waals surface area contributed by atoms with Crippen LogP contribution in [0.2, 0.25) is 0 Å². The van der Waals surface area contributed by atoms with E-state index in [1.807, 2.05) is 58.0 Å². The van der Waals surface area contributed by atoms with E-state index in [1.54, 1.807) is 0 Å². The summed E-state index contributed by atoms with van der Waals surface area (Å²) in [6.45, 7) is 8.49. The molecule has 3 aromatic rings. The van der Waals surface area contributed by atoms with Crippen molar-refractivity contribution in [3.05, 3.63) is 53.2 Å². The van der Waals surface area contributed by atoms with Crippen LogP contribution in [0, 0.1) is 6.92 Å². The fraction of sp³-hybridized carbons (Fsp3) is 0.292. The van der Waals surface area contributed by atoms with E-state index < -0.39 is 5.97 Å². The summed E-state index contributed by atoms with van der Waals surface area (Å²) in [5.74, 6) is 0.0493. The molecular weight excluding hydrogens is 408 g/mol. The zero-order valence-corrected chi connectivity index (χ0v) is 18.8. The van der Waals surface area contributed by atoms with Crippen molar-refractivity contribution in [1.82, 2.24) is 9.97 Å². The van der Waals surface area contributed by atoms with Crippen molar-refractivity contribution in [1.29, 1.82) is 0 Å². The minimum absolute atomic E-state index is 0.00514. The Labute approximate surface area is 187 Å². The lowest BCUT2D eigenvalue weighted by molar-refractivity contribution is 0.0726. The number of hydrogen-bond donors (Lipinski definition) is 2. The molecule has 0 fully saturated rings. The highest BCUT2D eigenvalue weighted by atomic mass is 16.5. The number of nitrogens with two attached hydrogens (primary N) is 2. The Kier molecular flexibility index (Phi) is 7.14. The molecule has 168 valence electrons. The van der Waals surface area contributed by atoms with Crippen LogP contribution in [0.25, 0.3) is 11.1 Å². The molecule has 0 saturated heterocycles. The average molecular weight is 437 g/mol. The van der Waals surface area contributed by atoms with Gasteiger partial charge in [0, 0.05) is 5.56 Å². The second-order valence-electron chi connectivity index (χ2n) is 7.07. The molecule has 0 saturated carbocycles. The fourth-order valence-electron chi connectivity index (χ4n) is 3.38. The summed E-state index contributed by atoms with van der Waals surface area (Å²) < 4.78 is 17.4. The molecule has 0 bridgehead atoms. The average Bonchev–Trinajstić information content (AvgIpc) is 2.76. The van der Waals surface area contributed by atoms with Crippen molar-refractivity contribution < 1.29 is 19.0 Å². The Balaban J connectivity index is 2.22. The molecule has 0 unspecified atom stereocenters. The number of anilines is 2. The first-order valence-electron chi connectivity index (χ1n) is 10.5. The maximum Gasteiger partial charge on any atom is 0.351 e. The summed E-state index contributed by atoms with van der Waals surface area (Å²) >= 11 is 0. The highest BCUT2D eigenvalue weighted by Gasteiger charge is 2.28. The first-order chi connectivity index (χ1) is 15.4. The molecule has 3 rings (SSSR count). The normalized spacial score (nSPS) is 10.6. The third kappa shape index (κ3) is 4.74. The van der Waals surface area contributed by atoms with Gasteiger partial charge in [-0.1, -0.05) is 36.8 Å². The largest absolute Gasteiger partial charge is 0.493 e. The van der Waals surface area contributed by atoms with Crippen molar-refractivity contribution in [3.8, 4) is 28.4 Å². The van der Waals surface area contributed by atoms with E-state index in [9.17, 15) is 4.79 Å². The molecule has 0 aliphatic rings. The van der Waals surface area contributed by atoms with Gasteiger partial charge in [0.25, 0.3) is 0 Å². The highest BCUT2D eigenvalue weighted by Crippen LogP contribution is 2.43. The molecule has 0 radical (unpaired) electrons. The molecule has 1 aromatic heterocycles. The van der Waals surface area contributed by atoms with Crippen LogP contribution in [-0.2, 0) is 6.42 Å². The summed E-state index contributed by atoms with van der Waals surface area (Å²) in [6, 6.07) is 9.92. The first kappa shape index (κ1) is 22.9. The number of aryl methyl sites for hydroxylation is 2. The van der Waals surface area contributed by atoms with Crippen molar-refractivity contribution in [2.24, 2.45) is 0 Å². The molecule has 8 heteroatoms. The van der Waals surface area contributed by atoms with Gasteiger partial charge in [0.2, 0.25) is 5.95 Å². The van der Waals surface area contributed by atoms with Gasteiger partial charge in [0.05, 0.1) is 19.4 Å². The molecule has 2 aromatic carbocycles. The molecule has 32 heavy (non-hydrogen) atoms. The van der Waals surface area contributed by atoms with Gasteiger partial charge >= 0.3 is 5.97 Å². The lowest BCUT2D eigenvalue weighted by Gasteiger charge is -2.21. The van der Waals surface area contributed by atoms with Gasteiger partial charge < -0.3 is 25.7 Å². The van der Waals surface area contributed by atoms with Crippen LogP contribution in [-0.4, -0.2) is 29.2 Å². The van der Waals surface area contributed by atoms with Gasteiger partial charge in [0.15, 0.2) is 11.6 Å². The standard InChI is InChI=1S/C24H28N4O4/c1-5-15-12-17(30-6-2)20(23(29)32-18-13-27-24(26)28-22(18)25)21(31-7-3)19(15)16-10-8-14(4)9-11-16/h8-13H,5-7H2,1-4H3,(H4,25,26,27,28). The molecule has 1 heterocycles. The maximum atomic E-state index is 13.4. The Bertz CT molecular complexity index is 1110. The van der Waals surface area contributed by atoms with Crippen LogP contribution >= 0.6 is 0 Å². The van der Waals surface area contributed by atoms with Crippen LogP contribution < -0.4 is 25.7 Å². The number of esters is 1. The Hall–Kier alpha value is -3.81. The van der Waals surface area contributed by atoms with E-state index in [-0.39, 0.29) is 23.1 Å². The van der Waals surface area contributed by atoms with Crippen LogP contribution in [0.1, 0.15) is 42.3 Å². The number of benzene rings is 2. The van der Waals surface area contributed by atoms with Crippen molar-refractivity contribution in [3.63, 3.8) is 0 Å². The third-order valence-corrected chi connectivity index (χ3v) is 4.84. The lowest BCUT2D eigenvalue weighted by Crippen LogP contribution is -2.16. The van der Waals surface area contributed by atoms with Crippen LogP contribution in [0.4, 0.5) is 11.8 Å². The predicted octanol–water partition coefficient (Wildman–Crippen LogP) is 4.20. The smallest absolute Gasteiger partial charge is 0.351 e. The Morgan fingerprint density at radius 3 is 2.28 bits per heavy atom. The van der Waals surface area contributed by atoms with E-state index in [1.165, 1.54) is 6.20 Å². The molecule has 0 atom stereocenters. The molecule has 0 spiro atoms. The van der Waals surface area contributed by atoms with E-state index in [0.717, 1.165) is 28.7 Å². The monoisotopic (exact) mass is 436 g/mol. The minimum atomic E-state index is -0.687. The summed E-state index contributed by atoms with van der Waals surface area (Å²) in [7, 11) is 0. The second kappa shape index (κ2) is 10.00. The third-order valence-electron chi connectivity index (χ3n) is 4.84. The van der Waals surface area contributed by atoms with Gasteiger partial charge in [-0.2, -0.15) is 4.98 Å². The number of carbonyl (C=O) groups is 1. The Morgan fingerprint density at radius 2 is 1.69 bits per heavy atom. The number of ether oxygens (including phenoxy) is 3. The van der Waals surface area contributed by atoms with Crippen LogP contribution in [0.15, 0.2) is 36.5 Å². The summed E-state index contributed by atoms with van der Waals surface area (Å²) in [6.07, 6.45) is 1.98. The topological polar surface area (TPSA) is 123 Å². The van der Waals surface area contributed by atoms with E-state index in [4.69, 9.17) is 25.7 Å². The molecule has 4 N–H and O–H groups in total. The maximum absolute atomic E-state index is 13.4. The number of rotatable bonds is 8. The summed E-state index contributed by atoms with van der Waals surface area (Å²) in [4.78, 5) is 21.1. The van der Waals surface area contributed by atoms with E-state index in [2.05, 4.69) is 9.97 Å². The first-order valence-corrected chi connectivity index (χ1v) is 10.5. The summed E-state index contributed by atoms with van der Waals surface area (Å²) in [5, 5.41) is 0. The lowest BCUT2D eigenvalue weighted by atomic mass is 9.93. The summed E-state index contributed by atoms with van der Waals surface area (Å²) in [5.41, 5.74) is 15.5. The van der Waals surface area contributed by atoms with Gasteiger partial charge in [-0.05, 0) is 44.4 Å². The molecular formula is C24H28N4O4. The highest BCUT2D eigenvalue weighted by molar-refractivity contribution is 6.01. The van der Waals surface area contributed by atoms with Crippen LogP contribution in [0.5, 0.6) is 17.2 Å². The predicted molar refractivity (Wildman–Crippen MR) is 124 cm³/mol. The second-order valence-corrected chi connectivity index (χ2v) is 7.07. The Morgan fingerprint density at radius 1 is 1.00 bits per heavy atom. The van der Waals surface area contributed by atoms with Gasteiger partial charge in [-0.15, -0.1) is 0 Å². The molecule has 8 nitrogen and oxygen atoms in total. The van der Waals surface area contributed by atoms with Crippen molar-refractivity contribution in [2.75, 3.05) is 24.7 Å². The van der Waals surface area contributed by atoms with Gasteiger partial charge in [-0.3, -0.25) is 0 Å².